The number of hydrogen-bond donors (Lipinski definition) is 1. The van der Waals surface area contributed by atoms with Gasteiger partial charge in [-0.05, 0) is 29.8 Å². The Hall–Kier alpha value is -2.95. The fraction of sp³-hybridized carbons (Fsp3) is 0.188. The summed E-state index contributed by atoms with van der Waals surface area (Å²) in [4.78, 5) is 15.0. The summed E-state index contributed by atoms with van der Waals surface area (Å²) < 4.78 is 66.5. The summed E-state index contributed by atoms with van der Waals surface area (Å²) in [6.07, 6.45) is -2.96. The summed E-state index contributed by atoms with van der Waals surface area (Å²) in [7, 11) is -2.73. The summed E-state index contributed by atoms with van der Waals surface area (Å²) in [5, 5.41) is 2.99. The topological polar surface area (TPSA) is 97.7 Å². The lowest BCUT2D eigenvalue weighted by atomic mass is 10.2. The van der Waals surface area contributed by atoms with Crippen LogP contribution in [0.5, 0.6) is 5.75 Å². The average molecular weight is 401 g/mol. The fourth-order valence-corrected chi connectivity index (χ4v) is 2.96. The van der Waals surface area contributed by atoms with Crippen molar-refractivity contribution in [1.82, 2.24) is 10.4 Å². The summed E-state index contributed by atoms with van der Waals surface area (Å²) in [6.45, 7) is 0. The number of rotatable bonds is 6. The molecule has 144 valence electrons. The van der Waals surface area contributed by atoms with Crippen LogP contribution < -0.4 is 10.2 Å². The summed E-state index contributed by atoms with van der Waals surface area (Å²) >= 11 is 0. The molecule has 1 heterocycles. The van der Waals surface area contributed by atoms with Crippen LogP contribution in [0.25, 0.3) is 0 Å². The number of alkyl halides is 3. The molecule has 0 aliphatic carbocycles. The number of nitrogens with one attached hydrogen (secondary N) is 1. The number of benzene rings is 1. The minimum absolute atomic E-state index is 0.395. The number of nitrogens with zero attached hydrogens (tertiary/aromatic N) is 2. The number of hydrazone groups is 1. The second-order valence-corrected chi connectivity index (χ2v) is 7.15. The number of carbonyl (C=O) groups is 1. The Kier molecular flexibility index (Phi) is 6.16. The number of pyridine rings is 1. The second-order valence-electron chi connectivity index (χ2n) is 5.21. The van der Waals surface area contributed by atoms with Gasteiger partial charge in [-0.2, -0.15) is 18.3 Å². The highest BCUT2D eigenvalue weighted by atomic mass is 32.2. The Bertz CT molecular complexity index is 942. The third-order valence-electron chi connectivity index (χ3n) is 3.20. The van der Waals surface area contributed by atoms with Crippen molar-refractivity contribution in [2.45, 2.75) is 11.2 Å². The molecule has 11 heteroatoms. The molecule has 0 fully saturated rings. The lowest BCUT2D eigenvalue weighted by Crippen LogP contribution is -2.27. The van der Waals surface area contributed by atoms with Crippen LogP contribution in [0.2, 0.25) is 0 Å². The van der Waals surface area contributed by atoms with Crippen LogP contribution in [0.3, 0.4) is 0 Å². The van der Waals surface area contributed by atoms with Gasteiger partial charge in [0.2, 0.25) is 9.84 Å². The molecule has 1 amide bonds. The van der Waals surface area contributed by atoms with Crippen molar-refractivity contribution in [3.8, 4) is 5.75 Å². The molecule has 0 aliphatic heterocycles. The van der Waals surface area contributed by atoms with Crippen molar-refractivity contribution >= 4 is 22.0 Å². The summed E-state index contributed by atoms with van der Waals surface area (Å²) in [6, 6.07) is 8.01. The highest BCUT2D eigenvalue weighted by molar-refractivity contribution is 7.92. The van der Waals surface area contributed by atoms with Gasteiger partial charge in [0, 0.05) is 6.20 Å². The standard InChI is InChI=1S/C16H14F3N3O4S/c1-26-13-4-2-3-11(7-13)8-21-22-14(23)10-27(24,25)15-6-5-12(9-20-15)16(17,18)19/h2-9H,10H2,1H3,(H,22,23). The average Bonchev–Trinajstić information content (AvgIpc) is 2.61. The smallest absolute Gasteiger partial charge is 0.417 e. The molecule has 1 aromatic heterocycles. The predicted octanol–water partition coefficient (Wildman–Crippen LogP) is 2.03. The lowest BCUT2D eigenvalue weighted by molar-refractivity contribution is -0.137. The molecule has 7 nitrogen and oxygen atoms in total. The van der Waals surface area contributed by atoms with Gasteiger partial charge < -0.3 is 4.74 Å². The highest BCUT2D eigenvalue weighted by Crippen LogP contribution is 2.28. The number of sulfone groups is 1. The molecule has 0 aliphatic rings. The number of amides is 1. The fourth-order valence-electron chi connectivity index (χ4n) is 1.91. The summed E-state index contributed by atoms with van der Waals surface area (Å²) in [5.74, 6) is -1.40. The highest BCUT2D eigenvalue weighted by Gasteiger charge is 2.31. The van der Waals surface area contributed by atoms with Gasteiger partial charge >= 0.3 is 6.18 Å². The monoisotopic (exact) mass is 401 g/mol. The lowest BCUT2D eigenvalue weighted by Gasteiger charge is -2.07. The summed E-state index contributed by atoms with van der Waals surface area (Å²) in [5.41, 5.74) is 1.54. The van der Waals surface area contributed by atoms with Crippen LogP contribution in [-0.4, -0.2) is 38.4 Å². The maximum Gasteiger partial charge on any atom is 0.417 e. The number of halogens is 3. The van der Waals surface area contributed by atoms with Gasteiger partial charge in [0.25, 0.3) is 5.91 Å². The molecule has 27 heavy (non-hydrogen) atoms. The molecule has 0 radical (unpaired) electrons. The third-order valence-corrected chi connectivity index (χ3v) is 4.72. The zero-order valence-electron chi connectivity index (χ0n) is 13.9. The molecule has 1 aromatic carbocycles. The molecular formula is C16H14F3N3O4S. The van der Waals surface area contributed by atoms with Gasteiger partial charge in [-0.1, -0.05) is 12.1 Å². The van der Waals surface area contributed by atoms with E-state index in [0.29, 0.717) is 29.6 Å². The molecule has 0 atom stereocenters. The van der Waals surface area contributed by atoms with E-state index in [-0.39, 0.29) is 0 Å². The van der Waals surface area contributed by atoms with E-state index in [1.165, 1.54) is 13.3 Å². The van der Waals surface area contributed by atoms with Crippen molar-refractivity contribution < 1.29 is 31.1 Å². The molecule has 0 unspecified atom stereocenters. The van der Waals surface area contributed by atoms with E-state index in [2.05, 4.69) is 10.1 Å². The molecule has 0 bridgehead atoms. The largest absolute Gasteiger partial charge is 0.497 e. The quantitative estimate of drug-likeness (QED) is 0.590. The van der Waals surface area contributed by atoms with Gasteiger partial charge in [-0.15, -0.1) is 0 Å². The van der Waals surface area contributed by atoms with Gasteiger partial charge in [0.05, 0.1) is 18.9 Å². The Morgan fingerprint density at radius 3 is 2.63 bits per heavy atom. The van der Waals surface area contributed by atoms with Crippen molar-refractivity contribution in [1.29, 1.82) is 0 Å². The predicted molar refractivity (Wildman–Crippen MR) is 90.0 cm³/mol. The molecule has 1 N–H and O–H groups in total. The van der Waals surface area contributed by atoms with E-state index in [9.17, 15) is 26.4 Å². The second kappa shape index (κ2) is 8.16. The molecule has 2 aromatic rings. The van der Waals surface area contributed by atoms with E-state index in [4.69, 9.17) is 4.74 Å². The SMILES string of the molecule is COc1cccc(C=NNC(=O)CS(=O)(=O)c2ccc(C(F)(F)F)cn2)c1. The molecule has 0 spiro atoms. The Morgan fingerprint density at radius 1 is 1.30 bits per heavy atom. The van der Waals surface area contributed by atoms with E-state index in [1.54, 1.807) is 24.3 Å². The van der Waals surface area contributed by atoms with E-state index in [0.717, 1.165) is 0 Å². The molecule has 0 saturated heterocycles. The Labute approximate surface area is 152 Å². The van der Waals surface area contributed by atoms with Crippen LogP contribution in [0.4, 0.5) is 13.2 Å². The van der Waals surface area contributed by atoms with Gasteiger partial charge in [-0.3, -0.25) is 4.79 Å². The zero-order valence-corrected chi connectivity index (χ0v) is 14.7. The number of ether oxygens (including phenoxy) is 1. The third kappa shape index (κ3) is 5.78. The first-order valence-corrected chi connectivity index (χ1v) is 8.99. The van der Waals surface area contributed by atoms with Crippen LogP contribution in [0.15, 0.2) is 52.7 Å². The van der Waals surface area contributed by atoms with Gasteiger partial charge in [-0.25, -0.2) is 18.8 Å². The minimum Gasteiger partial charge on any atom is -0.497 e. The van der Waals surface area contributed by atoms with Crippen molar-refractivity contribution in [3.05, 3.63) is 53.7 Å². The molecular weight excluding hydrogens is 387 g/mol. The van der Waals surface area contributed by atoms with Crippen LogP contribution in [0.1, 0.15) is 11.1 Å². The van der Waals surface area contributed by atoms with Crippen LogP contribution in [0, 0.1) is 0 Å². The first-order valence-electron chi connectivity index (χ1n) is 7.34. The first-order chi connectivity index (χ1) is 12.6. The van der Waals surface area contributed by atoms with Gasteiger partial charge in [0.15, 0.2) is 5.03 Å². The van der Waals surface area contributed by atoms with E-state index < -0.39 is 38.3 Å². The maximum atomic E-state index is 12.5. The van der Waals surface area contributed by atoms with Crippen molar-refractivity contribution in [3.63, 3.8) is 0 Å². The van der Waals surface area contributed by atoms with E-state index >= 15 is 0 Å². The number of carbonyl (C=O) groups excluding carboxylic acids is 1. The number of hydrogen-bond acceptors (Lipinski definition) is 6. The van der Waals surface area contributed by atoms with Crippen molar-refractivity contribution in [2.24, 2.45) is 5.10 Å². The Morgan fingerprint density at radius 2 is 2.04 bits per heavy atom. The number of aromatic nitrogens is 1. The van der Waals surface area contributed by atoms with Crippen LogP contribution in [-0.2, 0) is 20.8 Å². The Balaban J connectivity index is 2.00. The maximum absolute atomic E-state index is 12.5. The van der Waals surface area contributed by atoms with Crippen LogP contribution >= 0.6 is 0 Å². The van der Waals surface area contributed by atoms with Gasteiger partial charge in [0.1, 0.15) is 11.5 Å². The number of methoxy groups -OCH3 is 1. The molecule has 2 rings (SSSR count). The minimum atomic E-state index is -4.64. The normalized spacial score (nSPS) is 12.1. The first kappa shape index (κ1) is 20.4. The van der Waals surface area contributed by atoms with Crippen molar-refractivity contribution in [2.75, 3.05) is 12.9 Å². The van der Waals surface area contributed by atoms with E-state index in [1.807, 2.05) is 5.43 Å². The molecule has 0 saturated carbocycles. The zero-order chi connectivity index (χ0) is 20.1.